The number of benzene rings is 1. The summed E-state index contributed by atoms with van der Waals surface area (Å²) in [5, 5.41) is 0.631. The van der Waals surface area contributed by atoms with Crippen LogP contribution in [-0.4, -0.2) is 24.0 Å². The molecule has 1 aliphatic rings. The fraction of sp³-hybridized carbons (Fsp3) is 0.125. The Balaban J connectivity index is 1.67. The smallest absolute Gasteiger partial charge is 0.270 e. The second kappa shape index (κ2) is 5.51. The van der Waals surface area contributed by atoms with Crippen molar-refractivity contribution in [2.45, 2.75) is 0 Å². The molecule has 0 aliphatic carbocycles. The molecule has 0 unspecified atom stereocenters. The number of hydrogen-bond acceptors (Lipinski definition) is 5. The summed E-state index contributed by atoms with van der Waals surface area (Å²) in [7, 11) is 0. The van der Waals surface area contributed by atoms with Gasteiger partial charge in [0.25, 0.3) is 5.91 Å². The Morgan fingerprint density at radius 2 is 2.26 bits per heavy atom. The first-order valence-corrected chi connectivity index (χ1v) is 7.78. The minimum Gasteiger partial charge on any atom is -0.490 e. The molecule has 1 amide bonds. The SMILES string of the molecule is O=C(c1cnc(-c2ccco2)s1)N1CCOc2ccc(F)cc21. The number of amides is 1. The number of carbonyl (C=O) groups is 1. The summed E-state index contributed by atoms with van der Waals surface area (Å²) in [6.07, 6.45) is 3.07. The Labute approximate surface area is 134 Å². The molecule has 0 atom stereocenters. The van der Waals surface area contributed by atoms with E-state index in [0.717, 1.165) is 0 Å². The third kappa shape index (κ3) is 2.49. The van der Waals surface area contributed by atoms with Gasteiger partial charge in [0.05, 0.1) is 24.7 Å². The molecule has 0 fully saturated rings. The highest BCUT2D eigenvalue weighted by atomic mass is 32.1. The number of ether oxygens (including phenoxy) is 1. The number of fused-ring (bicyclic) bond motifs is 1. The summed E-state index contributed by atoms with van der Waals surface area (Å²) < 4.78 is 24.3. The van der Waals surface area contributed by atoms with Crippen molar-refractivity contribution >= 4 is 22.9 Å². The highest BCUT2D eigenvalue weighted by Gasteiger charge is 2.27. The van der Waals surface area contributed by atoms with Crippen LogP contribution in [0.4, 0.5) is 10.1 Å². The maximum atomic E-state index is 13.5. The van der Waals surface area contributed by atoms with E-state index >= 15 is 0 Å². The molecule has 116 valence electrons. The van der Waals surface area contributed by atoms with Gasteiger partial charge in [0.1, 0.15) is 23.1 Å². The number of anilines is 1. The second-order valence-corrected chi connectivity index (χ2v) is 5.95. The van der Waals surface area contributed by atoms with Gasteiger partial charge in [-0.05, 0) is 24.3 Å². The van der Waals surface area contributed by atoms with Crippen LogP contribution < -0.4 is 9.64 Å². The van der Waals surface area contributed by atoms with Crippen LogP contribution in [-0.2, 0) is 0 Å². The fourth-order valence-electron chi connectivity index (χ4n) is 2.42. The van der Waals surface area contributed by atoms with Crippen molar-refractivity contribution in [3.63, 3.8) is 0 Å². The lowest BCUT2D eigenvalue weighted by molar-refractivity contribution is 0.0980. The van der Waals surface area contributed by atoms with Crippen LogP contribution in [0.3, 0.4) is 0 Å². The monoisotopic (exact) mass is 330 g/mol. The summed E-state index contributed by atoms with van der Waals surface area (Å²) in [5.41, 5.74) is 0.439. The van der Waals surface area contributed by atoms with Crippen molar-refractivity contribution in [3.8, 4) is 16.5 Å². The van der Waals surface area contributed by atoms with Crippen molar-refractivity contribution in [3.05, 3.63) is 53.5 Å². The zero-order chi connectivity index (χ0) is 15.8. The number of carbonyl (C=O) groups excluding carboxylic acids is 1. The van der Waals surface area contributed by atoms with E-state index in [0.29, 0.717) is 40.2 Å². The van der Waals surface area contributed by atoms with Gasteiger partial charge < -0.3 is 14.1 Å². The van der Waals surface area contributed by atoms with E-state index in [1.807, 2.05) is 0 Å². The molecule has 5 nitrogen and oxygen atoms in total. The number of hydrogen-bond donors (Lipinski definition) is 0. The van der Waals surface area contributed by atoms with E-state index in [1.165, 1.54) is 40.6 Å². The highest BCUT2D eigenvalue weighted by Crippen LogP contribution is 2.34. The van der Waals surface area contributed by atoms with Crippen LogP contribution in [0.25, 0.3) is 10.8 Å². The molecule has 0 saturated heterocycles. The highest BCUT2D eigenvalue weighted by molar-refractivity contribution is 7.17. The number of rotatable bonds is 2. The van der Waals surface area contributed by atoms with Gasteiger partial charge in [0, 0.05) is 6.07 Å². The Morgan fingerprint density at radius 3 is 3.09 bits per heavy atom. The number of thiazole rings is 1. The molecular weight excluding hydrogens is 319 g/mol. The summed E-state index contributed by atoms with van der Waals surface area (Å²) >= 11 is 1.24. The van der Waals surface area contributed by atoms with Gasteiger partial charge in [-0.1, -0.05) is 0 Å². The van der Waals surface area contributed by atoms with Gasteiger partial charge >= 0.3 is 0 Å². The Bertz CT molecular complexity index is 860. The van der Waals surface area contributed by atoms with E-state index in [-0.39, 0.29) is 5.91 Å². The maximum absolute atomic E-state index is 13.5. The number of halogens is 1. The van der Waals surface area contributed by atoms with Gasteiger partial charge in [-0.15, -0.1) is 11.3 Å². The predicted octanol–water partition coefficient (Wildman–Crippen LogP) is 3.58. The topological polar surface area (TPSA) is 55.6 Å². The summed E-state index contributed by atoms with van der Waals surface area (Å²) in [6.45, 7) is 0.734. The first-order valence-electron chi connectivity index (χ1n) is 6.96. The van der Waals surface area contributed by atoms with E-state index in [2.05, 4.69) is 4.98 Å². The molecule has 3 heterocycles. The molecule has 2 aromatic heterocycles. The normalized spacial score (nSPS) is 13.5. The molecule has 23 heavy (non-hydrogen) atoms. The standard InChI is InChI=1S/C16H11FN2O3S/c17-10-3-4-12-11(8-10)19(5-7-22-12)16(20)14-9-18-15(23-14)13-2-1-6-21-13/h1-4,6,8-9H,5,7H2. The van der Waals surface area contributed by atoms with Gasteiger partial charge in [-0.25, -0.2) is 9.37 Å². The lowest BCUT2D eigenvalue weighted by Gasteiger charge is -2.29. The molecule has 0 spiro atoms. The zero-order valence-electron chi connectivity index (χ0n) is 11.9. The van der Waals surface area contributed by atoms with Gasteiger partial charge in [-0.3, -0.25) is 4.79 Å². The minimum atomic E-state index is -0.410. The van der Waals surface area contributed by atoms with Crippen LogP contribution in [0.15, 0.2) is 47.2 Å². The third-order valence-corrected chi connectivity index (χ3v) is 4.48. The van der Waals surface area contributed by atoms with Crippen LogP contribution in [0.1, 0.15) is 9.67 Å². The lowest BCUT2D eigenvalue weighted by Crippen LogP contribution is -2.37. The minimum absolute atomic E-state index is 0.226. The molecule has 0 radical (unpaired) electrons. The van der Waals surface area contributed by atoms with Crippen molar-refractivity contribution < 1.29 is 18.3 Å². The Hall–Kier alpha value is -2.67. The van der Waals surface area contributed by atoms with E-state index in [4.69, 9.17) is 9.15 Å². The molecule has 3 aromatic rings. The number of furan rings is 1. The molecule has 1 aliphatic heterocycles. The van der Waals surface area contributed by atoms with E-state index in [1.54, 1.807) is 18.4 Å². The summed E-state index contributed by atoms with van der Waals surface area (Å²) in [6, 6.07) is 7.70. The predicted molar refractivity (Wildman–Crippen MR) is 83.4 cm³/mol. The van der Waals surface area contributed by atoms with Crippen molar-refractivity contribution in [1.29, 1.82) is 0 Å². The van der Waals surface area contributed by atoms with Crippen LogP contribution in [0, 0.1) is 5.82 Å². The molecule has 4 rings (SSSR count). The lowest BCUT2D eigenvalue weighted by atomic mass is 10.2. The largest absolute Gasteiger partial charge is 0.490 e. The molecule has 0 N–H and O–H groups in total. The zero-order valence-corrected chi connectivity index (χ0v) is 12.7. The molecule has 0 bridgehead atoms. The quantitative estimate of drug-likeness (QED) is 0.721. The number of aromatic nitrogens is 1. The van der Waals surface area contributed by atoms with Gasteiger partial charge in [0.15, 0.2) is 10.8 Å². The summed E-state index contributed by atoms with van der Waals surface area (Å²) in [4.78, 5) is 18.9. The average Bonchev–Trinajstić information content (AvgIpc) is 3.24. The third-order valence-electron chi connectivity index (χ3n) is 3.48. The van der Waals surface area contributed by atoms with Gasteiger partial charge in [0.2, 0.25) is 0 Å². The molecule has 1 aromatic carbocycles. The van der Waals surface area contributed by atoms with Crippen molar-refractivity contribution in [1.82, 2.24) is 4.98 Å². The second-order valence-electron chi connectivity index (χ2n) is 4.92. The van der Waals surface area contributed by atoms with Crippen molar-refractivity contribution in [2.75, 3.05) is 18.1 Å². The van der Waals surface area contributed by atoms with Crippen molar-refractivity contribution in [2.24, 2.45) is 0 Å². The molecule has 7 heteroatoms. The molecule has 0 saturated carbocycles. The molecular formula is C16H11FN2O3S. The maximum Gasteiger partial charge on any atom is 0.270 e. The first-order chi connectivity index (χ1) is 11.2. The van der Waals surface area contributed by atoms with Crippen LogP contribution in [0.2, 0.25) is 0 Å². The van der Waals surface area contributed by atoms with Crippen LogP contribution >= 0.6 is 11.3 Å². The Morgan fingerprint density at radius 1 is 1.35 bits per heavy atom. The first kappa shape index (κ1) is 14.0. The summed E-state index contributed by atoms with van der Waals surface area (Å²) in [5.74, 6) is 0.479. The van der Waals surface area contributed by atoms with Gasteiger partial charge in [-0.2, -0.15) is 0 Å². The van der Waals surface area contributed by atoms with Crippen LogP contribution in [0.5, 0.6) is 5.75 Å². The average molecular weight is 330 g/mol. The fourth-order valence-corrected chi connectivity index (χ4v) is 3.26. The Kier molecular flexibility index (Phi) is 3.34. The number of nitrogens with zero attached hydrogens (tertiary/aromatic N) is 2. The van der Waals surface area contributed by atoms with E-state index < -0.39 is 5.82 Å². The van der Waals surface area contributed by atoms with E-state index in [9.17, 15) is 9.18 Å².